The fourth-order valence-electron chi connectivity index (χ4n) is 2.46. The van der Waals surface area contributed by atoms with E-state index in [0.717, 1.165) is 0 Å². The van der Waals surface area contributed by atoms with E-state index in [4.69, 9.17) is 5.26 Å². The molecule has 21 heavy (non-hydrogen) atoms. The number of nitrogens with zero attached hydrogens (tertiary/aromatic N) is 2. The lowest BCUT2D eigenvalue weighted by atomic mass is 10.2. The van der Waals surface area contributed by atoms with Crippen molar-refractivity contribution in [3.63, 3.8) is 0 Å². The lowest BCUT2D eigenvalue weighted by Crippen LogP contribution is -2.40. The van der Waals surface area contributed by atoms with Gasteiger partial charge in [-0.3, -0.25) is 0 Å². The summed E-state index contributed by atoms with van der Waals surface area (Å²) >= 11 is 0. The molecule has 1 fully saturated rings. The number of rotatable bonds is 4. The normalized spacial score (nSPS) is 21.3. The summed E-state index contributed by atoms with van der Waals surface area (Å²) in [6, 6.07) is 7.04. The third-order valence-corrected chi connectivity index (χ3v) is 7.31. The average molecular weight is 328 g/mol. The molecule has 114 valence electrons. The SMILES string of the molecule is CCN([C@H]1CCS(=O)(=O)C1)S(=O)(=O)c1ccc(C#N)cc1. The van der Waals surface area contributed by atoms with Gasteiger partial charge in [-0.2, -0.15) is 9.57 Å². The van der Waals surface area contributed by atoms with Gasteiger partial charge in [0, 0.05) is 12.6 Å². The van der Waals surface area contributed by atoms with Crippen molar-refractivity contribution >= 4 is 19.9 Å². The zero-order valence-corrected chi connectivity index (χ0v) is 13.2. The van der Waals surface area contributed by atoms with Gasteiger partial charge in [0.2, 0.25) is 10.0 Å². The molecule has 1 aromatic carbocycles. The first-order valence-corrected chi connectivity index (χ1v) is 9.79. The van der Waals surface area contributed by atoms with Crippen LogP contribution >= 0.6 is 0 Å². The standard InChI is InChI=1S/C13H16N2O4S2/c1-2-15(12-7-8-20(16,17)10-12)21(18,19)13-5-3-11(9-14)4-6-13/h3-6,12H,2,7-8,10H2,1H3/t12-/m0/s1. The molecule has 0 radical (unpaired) electrons. The number of nitriles is 1. The molecule has 1 heterocycles. The molecule has 0 unspecified atom stereocenters. The first-order chi connectivity index (χ1) is 9.80. The minimum atomic E-state index is -3.75. The van der Waals surface area contributed by atoms with Crippen molar-refractivity contribution in [1.29, 1.82) is 5.26 Å². The highest BCUT2D eigenvalue weighted by Crippen LogP contribution is 2.24. The molecule has 6 nitrogen and oxygen atoms in total. The van der Waals surface area contributed by atoms with E-state index in [9.17, 15) is 16.8 Å². The van der Waals surface area contributed by atoms with Gasteiger partial charge in [-0.1, -0.05) is 6.92 Å². The first kappa shape index (κ1) is 15.9. The van der Waals surface area contributed by atoms with Gasteiger partial charge in [0.25, 0.3) is 0 Å². The van der Waals surface area contributed by atoms with E-state index >= 15 is 0 Å². The zero-order chi connectivity index (χ0) is 15.7. The number of hydrogen-bond acceptors (Lipinski definition) is 5. The van der Waals surface area contributed by atoms with E-state index in [1.165, 1.54) is 28.6 Å². The third-order valence-electron chi connectivity index (χ3n) is 3.52. The Bertz CT molecular complexity index is 761. The molecule has 0 aliphatic carbocycles. The average Bonchev–Trinajstić information content (AvgIpc) is 2.79. The summed E-state index contributed by atoms with van der Waals surface area (Å²) in [6.07, 6.45) is 0.325. The summed E-state index contributed by atoms with van der Waals surface area (Å²) in [5.41, 5.74) is 0.375. The zero-order valence-electron chi connectivity index (χ0n) is 11.6. The Morgan fingerprint density at radius 3 is 2.38 bits per heavy atom. The van der Waals surface area contributed by atoms with Crippen LogP contribution in [-0.2, 0) is 19.9 Å². The second-order valence-electron chi connectivity index (χ2n) is 4.90. The molecule has 1 aliphatic heterocycles. The van der Waals surface area contributed by atoms with Crippen LogP contribution < -0.4 is 0 Å². The van der Waals surface area contributed by atoms with Crippen molar-refractivity contribution < 1.29 is 16.8 Å². The van der Waals surface area contributed by atoms with Gasteiger partial charge in [0.15, 0.2) is 9.84 Å². The molecule has 0 amide bonds. The van der Waals surface area contributed by atoms with Crippen molar-refractivity contribution in [1.82, 2.24) is 4.31 Å². The summed E-state index contributed by atoms with van der Waals surface area (Å²) in [5, 5.41) is 8.74. The van der Waals surface area contributed by atoms with Crippen LogP contribution in [0.3, 0.4) is 0 Å². The van der Waals surface area contributed by atoms with E-state index in [1.807, 2.05) is 6.07 Å². The number of hydrogen-bond donors (Lipinski definition) is 0. The summed E-state index contributed by atoms with van der Waals surface area (Å²) in [7, 11) is -6.90. The Balaban J connectivity index is 2.34. The van der Waals surface area contributed by atoms with E-state index in [0.29, 0.717) is 12.0 Å². The van der Waals surface area contributed by atoms with Gasteiger partial charge in [-0.05, 0) is 30.7 Å². The minimum absolute atomic E-state index is 0.0249. The van der Waals surface area contributed by atoms with Gasteiger partial charge in [0.1, 0.15) is 0 Å². The molecule has 0 spiro atoms. The molecule has 0 aromatic heterocycles. The van der Waals surface area contributed by atoms with Crippen molar-refractivity contribution in [2.45, 2.75) is 24.3 Å². The first-order valence-electron chi connectivity index (χ1n) is 6.52. The predicted octanol–water partition coefficient (Wildman–Crippen LogP) is 0.756. The number of sulfone groups is 1. The predicted molar refractivity (Wildman–Crippen MR) is 77.8 cm³/mol. The topological polar surface area (TPSA) is 95.3 Å². The van der Waals surface area contributed by atoms with E-state index in [1.54, 1.807) is 6.92 Å². The van der Waals surface area contributed by atoms with Crippen molar-refractivity contribution in [2.24, 2.45) is 0 Å². The van der Waals surface area contributed by atoms with Gasteiger partial charge >= 0.3 is 0 Å². The lowest BCUT2D eigenvalue weighted by Gasteiger charge is -2.25. The maximum absolute atomic E-state index is 12.6. The maximum atomic E-state index is 12.6. The van der Waals surface area contributed by atoms with Crippen LogP contribution in [0.15, 0.2) is 29.2 Å². The van der Waals surface area contributed by atoms with Crippen LogP contribution in [0.2, 0.25) is 0 Å². The van der Waals surface area contributed by atoms with Crippen molar-refractivity contribution in [3.05, 3.63) is 29.8 Å². The van der Waals surface area contributed by atoms with E-state index in [2.05, 4.69) is 0 Å². The Kier molecular flexibility index (Phi) is 4.37. The molecule has 1 aromatic rings. The van der Waals surface area contributed by atoms with Crippen LogP contribution in [-0.4, -0.2) is 45.2 Å². The van der Waals surface area contributed by atoms with Crippen LogP contribution in [0.4, 0.5) is 0 Å². The molecule has 8 heteroatoms. The molecular formula is C13H16N2O4S2. The molecule has 1 aliphatic rings. The quantitative estimate of drug-likeness (QED) is 0.813. The van der Waals surface area contributed by atoms with E-state index < -0.39 is 25.9 Å². The van der Waals surface area contributed by atoms with E-state index in [-0.39, 0.29) is 22.9 Å². The fraction of sp³-hybridized carbons (Fsp3) is 0.462. The summed E-state index contributed by atoms with van der Waals surface area (Å²) in [6.45, 7) is 1.90. The Labute approximate surface area is 125 Å². The van der Waals surface area contributed by atoms with Crippen LogP contribution in [0, 0.1) is 11.3 Å². The second-order valence-corrected chi connectivity index (χ2v) is 9.02. The highest BCUT2D eigenvalue weighted by Gasteiger charge is 2.37. The Morgan fingerprint density at radius 1 is 1.33 bits per heavy atom. The summed E-state index contributed by atoms with van der Waals surface area (Å²) in [4.78, 5) is 0.0765. The van der Waals surface area contributed by atoms with Crippen molar-refractivity contribution in [2.75, 3.05) is 18.1 Å². The molecule has 0 N–H and O–H groups in total. The smallest absolute Gasteiger partial charge is 0.229 e. The summed E-state index contributed by atoms with van der Waals surface area (Å²) < 4.78 is 49.6. The molecule has 1 atom stereocenters. The Morgan fingerprint density at radius 2 is 1.95 bits per heavy atom. The largest absolute Gasteiger partial charge is 0.243 e. The highest BCUT2D eigenvalue weighted by molar-refractivity contribution is 7.92. The van der Waals surface area contributed by atoms with Gasteiger partial charge in [-0.25, -0.2) is 16.8 Å². The Hall–Kier alpha value is -1.43. The number of sulfonamides is 1. The maximum Gasteiger partial charge on any atom is 0.243 e. The van der Waals surface area contributed by atoms with Gasteiger partial charge < -0.3 is 0 Å². The van der Waals surface area contributed by atoms with Gasteiger partial charge in [-0.15, -0.1) is 0 Å². The van der Waals surface area contributed by atoms with Crippen LogP contribution in [0.1, 0.15) is 18.9 Å². The molecular weight excluding hydrogens is 312 g/mol. The fourth-order valence-corrected chi connectivity index (χ4v) is 5.95. The lowest BCUT2D eigenvalue weighted by molar-refractivity contribution is 0.354. The van der Waals surface area contributed by atoms with Gasteiger partial charge in [0.05, 0.1) is 28.0 Å². The second kappa shape index (κ2) is 5.75. The number of benzene rings is 1. The highest BCUT2D eigenvalue weighted by atomic mass is 32.2. The minimum Gasteiger partial charge on any atom is -0.229 e. The monoisotopic (exact) mass is 328 g/mol. The van der Waals surface area contributed by atoms with Crippen molar-refractivity contribution in [3.8, 4) is 6.07 Å². The molecule has 1 saturated heterocycles. The van der Waals surface area contributed by atoms with Crippen LogP contribution in [0.25, 0.3) is 0 Å². The molecule has 2 rings (SSSR count). The van der Waals surface area contributed by atoms with Crippen LogP contribution in [0.5, 0.6) is 0 Å². The molecule has 0 saturated carbocycles. The summed E-state index contributed by atoms with van der Waals surface area (Å²) in [5.74, 6) is -0.104. The third kappa shape index (κ3) is 3.26. The molecule has 0 bridgehead atoms.